The summed E-state index contributed by atoms with van der Waals surface area (Å²) in [6.07, 6.45) is -1.01. The highest BCUT2D eigenvalue weighted by Crippen LogP contribution is 2.30. The molecule has 27 heavy (non-hydrogen) atoms. The summed E-state index contributed by atoms with van der Waals surface area (Å²) in [7, 11) is 0. The maximum Gasteiger partial charge on any atom is 0.451 e. The van der Waals surface area contributed by atoms with Gasteiger partial charge in [-0.3, -0.25) is 0 Å². The van der Waals surface area contributed by atoms with Crippen molar-refractivity contribution in [1.29, 1.82) is 0 Å². The lowest BCUT2D eigenvalue weighted by Gasteiger charge is -2.11. The number of nitrogens with zero attached hydrogens (tertiary/aromatic N) is 5. The first-order chi connectivity index (χ1) is 13.0. The Kier molecular flexibility index (Phi) is 4.68. The van der Waals surface area contributed by atoms with Gasteiger partial charge in [0.2, 0.25) is 5.82 Å². The number of furan rings is 1. The number of hydrogen-bond acceptors (Lipinski definition) is 7. The fourth-order valence-corrected chi connectivity index (χ4v) is 2.97. The van der Waals surface area contributed by atoms with Crippen molar-refractivity contribution in [2.45, 2.75) is 38.1 Å². The molecule has 144 valence electrons. The molecular formula is C16H17F3N6O2. The summed E-state index contributed by atoms with van der Waals surface area (Å²) in [6.45, 7) is 1.27. The highest BCUT2D eigenvalue weighted by Gasteiger charge is 2.36. The zero-order chi connectivity index (χ0) is 18.9. The number of rotatable bonds is 6. The SMILES string of the molecule is FC(F)(F)c1nc(NCCc2ccco2)c2nnn(C[C@H]3CCCO3)c2n1. The fraction of sp³-hybridized carbons (Fsp3) is 0.500. The largest absolute Gasteiger partial charge is 0.469 e. The lowest BCUT2D eigenvalue weighted by atomic mass is 10.2. The molecule has 8 nitrogen and oxygen atoms in total. The fourth-order valence-electron chi connectivity index (χ4n) is 2.97. The van der Waals surface area contributed by atoms with E-state index >= 15 is 0 Å². The lowest BCUT2D eigenvalue weighted by molar-refractivity contribution is -0.144. The molecule has 1 saturated heterocycles. The molecule has 1 N–H and O–H groups in total. The Morgan fingerprint density at radius 2 is 2.19 bits per heavy atom. The van der Waals surface area contributed by atoms with Crippen molar-refractivity contribution in [2.24, 2.45) is 0 Å². The van der Waals surface area contributed by atoms with Crippen LogP contribution in [0.3, 0.4) is 0 Å². The van der Waals surface area contributed by atoms with Gasteiger partial charge in [0.25, 0.3) is 0 Å². The van der Waals surface area contributed by atoms with Crippen LogP contribution in [0.1, 0.15) is 24.4 Å². The van der Waals surface area contributed by atoms with E-state index < -0.39 is 12.0 Å². The number of alkyl halides is 3. The molecule has 0 aliphatic carbocycles. The van der Waals surface area contributed by atoms with Crippen molar-refractivity contribution >= 4 is 17.0 Å². The highest BCUT2D eigenvalue weighted by molar-refractivity contribution is 5.82. The van der Waals surface area contributed by atoms with E-state index in [9.17, 15) is 13.2 Å². The maximum atomic E-state index is 13.2. The third kappa shape index (κ3) is 3.87. The second kappa shape index (κ2) is 7.14. The van der Waals surface area contributed by atoms with E-state index in [1.807, 2.05) is 0 Å². The Morgan fingerprint density at radius 1 is 1.30 bits per heavy atom. The first kappa shape index (κ1) is 17.7. The minimum absolute atomic E-state index is 0.00234. The average molecular weight is 382 g/mol. The van der Waals surface area contributed by atoms with Crippen LogP contribution in [0, 0.1) is 0 Å². The number of aromatic nitrogens is 5. The molecule has 4 heterocycles. The Labute approximate surface area is 151 Å². The van der Waals surface area contributed by atoms with Crippen LogP contribution in [0.4, 0.5) is 19.0 Å². The Hall–Kier alpha value is -2.69. The van der Waals surface area contributed by atoms with Crippen molar-refractivity contribution < 1.29 is 22.3 Å². The summed E-state index contributed by atoms with van der Waals surface area (Å²) < 4.78 is 51.8. The van der Waals surface area contributed by atoms with Crippen LogP contribution in [-0.4, -0.2) is 44.2 Å². The van der Waals surface area contributed by atoms with Gasteiger partial charge in [0.15, 0.2) is 17.0 Å². The predicted molar refractivity (Wildman–Crippen MR) is 88.0 cm³/mol. The summed E-state index contributed by atoms with van der Waals surface area (Å²) in [5.74, 6) is -0.519. The molecular weight excluding hydrogens is 365 g/mol. The normalized spacial score (nSPS) is 17.7. The number of anilines is 1. The zero-order valence-corrected chi connectivity index (χ0v) is 14.2. The minimum atomic E-state index is -4.68. The van der Waals surface area contributed by atoms with Crippen molar-refractivity contribution in [3.63, 3.8) is 0 Å². The first-order valence-corrected chi connectivity index (χ1v) is 8.57. The highest BCUT2D eigenvalue weighted by atomic mass is 19.4. The second-order valence-electron chi connectivity index (χ2n) is 6.23. The Balaban J connectivity index is 1.62. The van der Waals surface area contributed by atoms with Crippen molar-refractivity contribution in [1.82, 2.24) is 25.0 Å². The third-order valence-electron chi connectivity index (χ3n) is 4.26. The number of hydrogen-bond donors (Lipinski definition) is 1. The Morgan fingerprint density at radius 3 is 2.89 bits per heavy atom. The summed E-state index contributed by atoms with van der Waals surface area (Å²) in [5.41, 5.74) is 0.230. The summed E-state index contributed by atoms with van der Waals surface area (Å²) in [4.78, 5) is 7.27. The van der Waals surface area contributed by atoms with E-state index in [0.717, 1.165) is 12.8 Å². The molecule has 11 heteroatoms. The van der Waals surface area contributed by atoms with E-state index in [1.54, 1.807) is 12.1 Å². The van der Waals surface area contributed by atoms with Crippen LogP contribution in [0.5, 0.6) is 0 Å². The molecule has 1 fully saturated rings. The van der Waals surface area contributed by atoms with Crippen LogP contribution in [0.15, 0.2) is 22.8 Å². The van der Waals surface area contributed by atoms with Crippen LogP contribution >= 0.6 is 0 Å². The van der Waals surface area contributed by atoms with E-state index in [4.69, 9.17) is 9.15 Å². The van der Waals surface area contributed by atoms with Gasteiger partial charge in [0.1, 0.15) is 5.76 Å². The summed E-state index contributed by atoms with van der Waals surface area (Å²) in [6, 6.07) is 3.53. The first-order valence-electron chi connectivity index (χ1n) is 8.57. The van der Waals surface area contributed by atoms with E-state index in [-0.39, 0.29) is 23.1 Å². The molecule has 1 aliphatic rings. The molecule has 0 amide bonds. The summed E-state index contributed by atoms with van der Waals surface area (Å²) in [5, 5.41) is 10.8. The Bertz CT molecular complexity index is 903. The van der Waals surface area contributed by atoms with Crippen LogP contribution < -0.4 is 5.32 Å². The number of nitrogens with one attached hydrogen (secondary N) is 1. The number of fused-ring (bicyclic) bond motifs is 1. The van der Waals surface area contributed by atoms with E-state index in [1.165, 1.54) is 10.9 Å². The molecule has 0 radical (unpaired) electrons. The van der Waals surface area contributed by atoms with Crippen molar-refractivity contribution in [2.75, 3.05) is 18.5 Å². The average Bonchev–Trinajstić information content (AvgIpc) is 3.37. The number of ether oxygens (including phenoxy) is 1. The van der Waals surface area contributed by atoms with Crippen LogP contribution in [0.25, 0.3) is 11.2 Å². The third-order valence-corrected chi connectivity index (χ3v) is 4.26. The predicted octanol–water partition coefficient (Wildman–Crippen LogP) is 2.67. The van der Waals surface area contributed by atoms with Gasteiger partial charge in [0.05, 0.1) is 18.9 Å². The molecule has 1 aliphatic heterocycles. The molecule has 0 saturated carbocycles. The molecule has 0 bridgehead atoms. The smallest absolute Gasteiger partial charge is 0.451 e. The van der Waals surface area contributed by atoms with Gasteiger partial charge >= 0.3 is 6.18 Å². The summed E-state index contributed by atoms with van der Waals surface area (Å²) >= 11 is 0. The molecule has 1 atom stereocenters. The van der Waals surface area contributed by atoms with E-state index in [0.29, 0.717) is 31.9 Å². The molecule has 3 aromatic rings. The minimum Gasteiger partial charge on any atom is -0.469 e. The van der Waals surface area contributed by atoms with Gasteiger partial charge in [-0.05, 0) is 25.0 Å². The number of halogens is 3. The topological polar surface area (TPSA) is 90.9 Å². The van der Waals surface area contributed by atoms with Crippen LogP contribution in [0.2, 0.25) is 0 Å². The van der Waals surface area contributed by atoms with Gasteiger partial charge in [-0.25, -0.2) is 14.6 Å². The van der Waals surface area contributed by atoms with Crippen LogP contribution in [-0.2, 0) is 23.9 Å². The zero-order valence-electron chi connectivity index (χ0n) is 14.2. The van der Waals surface area contributed by atoms with Gasteiger partial charge in [0, 0.05) is 19.6 Å². The maximum absolute atomic E-state index is 13.2. The van der Waals surface area contributed by atoms with Crippen molar-refractivity contribution in [3.8, 4) is 0 Å². The van der Waals surface area contributed by atoms with Gasteiger partial charge in [-0.15, -0.1) is 5.10 Å². The van der Waals surface area contributed by atoms with Gasteiger partial charge in [-0.1, -0.05) is 5.21 Å². The molecule has 3 aromatic heterocycles. The molecule has 0 unspecified atom stereocenters. The van der Waals surface area contributed by atoms with Crippen molar-refractivity contribution in [3.05, 3.63) is 30.0 Å². The van der Waals surface area contributed by atoms with E-state index in [2.05, 4.69) is 25.6 Å². The van der Waals surface area contributed by atoms with Gasteiger partial charge in [-0.2, -0.15) is 13.2 Å². The molecule has 0 aromatic carbocycles. The molecule has 0 spiro atoms. The molecule has 4 rings (SSSR count). The standard InChI is InChI=1S/C16H17F3N6O2/c17-16(18,19)15-21-13(20-6-5-10-3-1-7-26-10)12-14(22-15)25(24-23-12)9-11-4-2-8-27-11/h1,3,7,11H,2,4-6,8-9H2,(H,20,21,22)/t11-/m1/s1. The quantitative estimate of drug-likeness (QED) is 0.701. The van der Waals surface area contributed by atoms with Gasteiger partial charge < -0.3 is 14.5 Å². The lowest BCUT2D eigenvalue weighted by Crippen LogP contribution is -2.18. The monoisotopic (exact) mass is 382 g/mol. The second-order valence-corrected chi connectivity index (χ2v) is 6.23.